The highest BCUT2D eigenvalue weighted by Gasteiger charge is 2.60. The van der Waals surface area contributed by atoms with Crippen LogP contribution in [0.2, 0.25) is 0 Å². The molecule has 0 aliphatic heterocycles. The van der Waals surface area contributed by atoms with E-state index < -0.39 is 0 Å². The zero-order valence-electron chi connectivity index (χ0n) is 12.5. The van der Waals surface area contributed by atoms with E-state index in [9.17, 15) is 9.90 Å². The van der Waals surface area contributed by atoms with E-state index in [-0.39, 0.29) is 29.8 Å². The highest BCUT2D eigenvalue weighted by Crippen LogP contribution is 2.59. The minimum absolute atomic E-state index is 0.000185. The number of amides is 1. The lowest BCUT2D eigenvalue weighted by Crippen LogP contribution is -2.18. The predicted octanol–water partition coefficient (Wildman–Crippen LogP) is 2.75. The van der Waals surface area contributed by atoms with Crippen molar-refractivity contribution < 1.29 is 9.90 Å². The third-order valence-electron chi connectivity index (χ3n) is 4.05. The quantitative estimate of drug-likeness (QED) is 0.830. The molecule has 4 heteroatoms. The van der Waals surface area contributed by atoms with Gasteiger partial charge in [0.05, 0.1) is 24.4 Å². The highest BCUT2D eigenvalue weighted by atomic mass is 16.3. The van der Waals surface area contributed by atoms with E-state index in [1.165, 1.54) is 5.57 Å². The first kappa shape index (κ1) is 14.7. The molecule has 1 heterocycles. The first-order chi connectivity index (χ1) is 9.37. The summed E-state index contributed by atoms with van der Waals surface area (Å²) in [7, 11) is 0. The third kappa shape index (κ3) is 2.75. The maximum Gasteiger partial charge on any atom is 0.228 e. The summed E-state index contributed by atoms with van der Waals surface area (Å²) in [6.45, 7) is 8.21. The van der Waals surface area contributed by atoms with Gasteiger partial charge in [-0.1, -0.05) is 25.5 Å². The van der Waals surface area contributed by atoms with Gasteiger partial charge in [-0.15, -0.1) is 0 Å². The van der Waals surface area contributed by atoms with Crippen LogP contribution in [0.25, 0.3) is 0 Å². The number of pyridine rings is 1. The first-order valence-corrected chi connectivity index (χ1v) is 6.87. The predicted molar refractivity (Wildman–Crippen MR) is 79.0 cm³/mol. The number of nitrogens with zero attached hydrogens (tertiary/aromatic N) is 1. The second kappa shape index (κ2) is 5.37. The Kier molecular flexibility index (Phi) is 3.95. The molecule has 1 amide bonds. The minimum atomic E-state index is -0.108. The van der Waals surface area contributed by atoms with Gasteiger partial charge in [-0.2, -0.15) is 0 Å². The first-order valence-electron chi connectivity index (χ1n) is 6.87. The second-order valence-electron chi connectivity index (χ2n) is 6.25. The molecule has 2 rings (SSSR count). The van der Waals surface area contributed by atoms with Gasteiger partial charge in [0, 0.05) is 11.8 Å². The highest BCUT2D eigenvalue weighted by molar-refractivity contribution is 5.96. The number of aliphatic hydroxyl groups is 1. The van der Waals surface area contributed by atoms with E-state index in [0.717, 1.165) is 0 Å². The van der Waals surface area contributed by atoms with Crippen LogP contribution in [0.1, 0.15) is 33.3 Å². The molecule has 0 spiro atoms. The number of hydrogen-bond donors (Lipinski definition) is 2. The topological polar surface area (TPSA) is 62.2 Å². The molecular weight excluding hydrogens is 252 g/mol. The van der Waals surface area contributed by atoms with Crippen LogP contribution in [0.15, 0.2) is 30.1 Å². The van der Waals surface area contributed by atoms with E-state index >= 15 is 0 Å². The van der Waals surface area contributed by atoms with Crippen molar-refractivity contribution in [1.29, 1.82) is 0 Å². The molecule has 20 heavy (non-hydrogen) atoms. The van der Waals surface area contributed by atoms with Gasteiger partial charge in [-0.25, -0.2) is 0 Å². The molecule has 1 saturated carbocycles. The van der Waals surface area contributed by atoms with Crippen molar-refractivity contribution in [2.45, 2.75) is 34.3 Å². The molecule has 1 aliphatic rings. The standard InChI is InChI=1S/C16H22N2O2/c1-10(2)7-12-14(16(12,3)4)15(20)18-13-8-17-6-5-11(13)9-19/h5-8,12,14,19H,9H2,1-4H3,(H,18,20). The molecular formula is C16H22N2O2. The lowest BCUT2D eigenvalue weighted by molar-refractivity contribution is -0.118. The number of carbonyl (C=O) groups is 1. The molecule has 0 saturated heterocycles. The van der Waals surface area contributed by atoms with Crippen molar-refractivity contribution in [3.8, 4) is 0 Å². The summed E-state index contributed by atoms with van der Waals surface area (Å²) in [5.41, 5.74) is 2.50. The molecule has 0 aromatic carbocycles. The Hall–Kier alpha value is -1.68. The van der Waals surface area contributed by atoms with Crippen molar-refractivity contribution >= 4 is 11.6 Å². The van der Waals surface area contributed by atoms with Crippen LogP contribution < -0.4 is 5.32 Å². The Labute approximate surface area is 119 Å². The number of anilines is 1. The fourth-order valence-corrected chi connectivity index (χ4v) is 2.73. The van der Waals surface area contributed by atoms with Gasteiger partial charge >= 0.3 is 0 Å². The van der Waals surface area contributed by atoms with E-state index in [1.54, 1.807) is 18.5 Å². The molecule has 1 fully saturated rings. The zero-order chi connectivity index (χ0) is 14.9. The number of hydrogen-bond acceptors (Lipinski definition) is 3. The number of aromatic nitrogens is 1. The summed E-state index contributed by atoms with van der Waals surface area (Å²) in [6, 6.07) is 1.71. The van der Waals surface area contributed by atoms with Crippen LogP contribution in [0.5, 0.6) is 0 Å². The van der Waals surface area contributed by atoms with E-state index in [0.29, 0.717) is 11.3 Å². The van der Waals surface area contributed by atoms with Crippen LogP contribution >= 0.6 is 0 Å². The molecule has 108 valence electrons. The molecule has 0 radical (unpaired) electrons. The Balaban J connectivity index is 2.12. The minimum Gasteiger partial charge on any atom is -0.392 e. The van der Waals surface area contributed by atoms with Gasteiger partial charge < -0.3 is 10.4 Å². The van der Waals surface area contributed by atoms with Crippen LogP contribution in [0, 0.1) is 17.3 Å². The molecule has 4 nitrogen and oxygen atoms in total. The summed E-state index contributed by atoms with van der Waals surface area (Å²) in [6.07, 6.45) is 5.35. The average Bonchev–Trinajstić information content (AvgIpc) is 2.90. The Morgan fingerprint density at radius 1 is 1.50 bits per heavy atom. The lowest BCUT2D eigenvalue weighted by atomic mass is 10.1. The van der Waals surface area contributed by atoms with Gasteiger partial charge in [0.2, 0.25) is 5.91 Å². The normalized spacial score (nSPS) is 23.1. The van der Waals surface area contributed by atoms with Crippen LogP contribution in [0.4, 0.5) is 5.69 Å². The molecule has 1 aliphatic carbocycles. The van der Waals surface area contributed by atoms with Crippen molar-refractivity contribution in [2.75, 3.05) is 5.32 Å². The van der Waals surface area contributed by atoms with Gasteiger partial charge in [0.1, 0.15) is 0 Å². The second-order valence-corrected chi connectivity index (χ2v) is 6.25. The summed E-state index contributed by atoms with van der Waals surface area (Å²) < 4.78 is 0. The summed E-state index contributed by atoms with van der Waals surface area (Å²) >= 11 is 0. The maximum absolute atomic E-state index is 12.4. The number of allylic oxidation sites excluding steroid dienone is 2. The number of aliphatic hydroxyl groups excluding tert-OH is 1. The van der Waals surface area contributed by atoms with E-state index in [1.807, 2.05) is 13.8 Å². The molecule has 1 aromatic rings. The van der Waals surface area contributed by atoms with Gasteiger partial charge in [0.15, 0.2) is 0 Å². The van der Waals surface area contributed by atoms with Crippen molar-refractivity contribution in [2.24, 2.45) is 17.3 Å². The molecule has 2 unspecified atom stereocenters. The molecule has 2 N–H and O–H groups in total. The zero-order valence-corrected chi connectivity index (χ0v) is 12.5. The summed E-state index contributed by atoms with van der Waals surface area (Å²) in [5, 5.41) is 12.2. The largest absolute Gasteiger partial charge is 0.392 e. The molecule has 1 aromatic heterocycles. The van der Waals surface area contributed by atoms with Gasteiger partial charge in [-0.05, 0) is 31.2 Å². The average molecular weight is 274 g/mol. The smallest absolute Gasteiger partial charge is 0.228 e. The molecule has 2 atom stereocenters. The lowest BCUT2D eigenvalue weighted by Gasteiger charge is -2.09. The SMILES string of the molecule is CC(C)=CC1C(C(=O)Nc2cnccc2CO)C1(C)C. The van der Waals surface area contributed by atoms with E-state index in [4.69, 9.17) is 0 Å². The Morgan fingerprint density at radius 3 is 2.80 bits per heavy atom. The third-order valence-corrected chi connectivity index (χ3v) is 4.05. The summed E-state index contributed by atoms with van der Waals surface area (Å²) in [4.78, 5) is 16.4. The monoisotopic (exact) mass is 274 g/mol. The van der Waals surface area contributed by atoms with Crippen molar-refractivity contribution in [3.63, 3.8) is 0 Å². The Morgan fingerprint density at radius 2 is 2.20 bits per heavy atom. The Bertz CT molecular complexity index is 545. The van der Waals surface area contributed by atoms with Gasteiger partial charge in [0.25, 0.3) is 0 Å². The number of rotatable bonds is 4. The molecule has 0 bridgehead atoms. The maximum atomic E-state index is 12.4. The van der Waals surface area contributed by atoms with E-state index in [2.05, 4.69) is 30.2 Å². The summed E-state index contributed by atoms with van der Waals surface area (Å²) in [5.74, 6) is 0.256. The van der Waals surface area contributed by atoms with Crippen LogP contribution in [-0.2, 0) is 11.4 Å². The van der Waals surface area contributed by atoms with Gasteiger partial charge in [-0.3, -0.25) is 9.78 Å². The number of carbonyl (C=O) groups excluding carboxylic acids is 1. The number of nitrogens with one attached hydrogen (secondary N) is 1. The van der Waals surface area contributed by atoms with Crippen molar-refractivity contribution in [1.82, 2.24) is 4.98 Å². The van der Waals surface area contributed by atoms with Crippen molar-refractivity contribution in [3.05, 3.63) is 35.7 Å². The fourth-order valence-electron chi connectivity index (χ4n) is 2.73. The van der Waals surface area contributed by atoms with Crippen LogP contribution in [0.3, 0.4) is 0 Å². The van der Waals surface area contributed by atoms with Crippen LogP contribution in [-0.4, -0.2) is 16.0 Å². The fraction of sp³-hybridized carbons (Fsp3) is 0.500.